The van der Waals surface area contributed by atoms with Gasteiger partial charge in [0.15, 0.2) is 0 Å². The number of H-pyrrole nitrogens is 1. The van der Waals surface area contributed by atoms with Crippen molar-refractivity contribution >= 4 is 5.91 Å². The number of aliphatic hydroxyl groups is 1. The highest BCUT2D eigenvalue weighted by Crippen LogP contribution is 2.42. The zero-order chi connectivity index (χ0) is 36.5. The maximum Gasteiger partial charge on any atom is 0.330 e. The first-order valence-corrected chi connectivity index (χ1v) is 16.8. The highest BCUT2D eigenvalue weighted by Gasteiger charge is 2.42. The molecule has 266 valence electrons. The van der Waals surface area contributed by atoms with Crippen LogP contribution in [0.25, 0.3) is 0 Å². The topological polar surface area (TPSA) is 141 Å². The van der Waals surface area contributed by atoms with Crippen LogP contribution in [-0.4, -0.2) is 60.1 Å². The molecule has 1 aromatic heterocycles. The van der Waals surface area contributed by atoms with Crippen LogP contribution in [0.4, 0.5) is 0 Å². The molecule has 2 heterocycles. The highest BCUT2D eigenvalue weighted by molar-refractivity contribution is 5.78. The number of hydrogen-bond donors (Lipinski definition) is 3. The molecule has 0 aliphatic carbocycles. The van der Waals surface area contributed by atoms with Crippen molar-refractivity contribution in [2.24, 2.45) is 0 Å². The van der Waals surface area contributed by atoms with Gasteiger partial charge in [-0.1, -0.05) is 96.8 Å². The van der Waals surface area contributed by atoms with Crippen molar-refractivity contribution in [1.82, 2.24) is 14.9 Å². The molecule has 0 unspecified atom stereocenters. The molecule has 1 saturated heterocycles. The lowest BCUT2D eigenvalue weighted by Gasteiger charge is -2.37. The van der Waals surface area contributed by atoms with Gasteiger partial charge in [-0.05, 0) is 46.5 Å². The fourth-order valence-corrected chi connectivity index (χ4v) is 6.23. The number of carbonyl (C=O) groups is 1. The molecule has 52 heavy (non-hydrogen) atoms. The van der Waals surface area contributed by atoms with E-state index in [1.54, 1.807) is 14.2 Å². The van der Waals surface area contributed by atoms with Gasteiger partial charge >= 0.3 is 5.69 Å². The summed E-state index contributed by atoms with van der Waals surface area (Å²) < 4.78 is 25.2. The van der Waals surface area contributed by atoms with Crippen molar-refractivity contribution in [3.05, 3.63) is 164 Å². The molecule has 4 aromatic carbocycles. The average molecular weight is 702 g/mol. The molecule has 5 aromatic rings. The van der Waals surface area contributed by atoms with Crippen LogP contribution in [0.5, 0.6) is 11.5 Å². The molecule has 6 rings (SSSR count). The normalized spacial score (nSPS) is 16.8. The Kier molecular flexibility index (Phi) is 11.3. The van der Waals surface area contributed by atoms with E-state index in [0.717, 1.165) is 22.3 Å². The molecular weight excluding hydrogens is 662 g/mol. The van der Waals surface area contributed by atoms with Crippen LogP contribution in [-0.2, 0) is 26.3 Å². The first-order valence-electron chi connectivity index (χ1n) is 16.8. The lowest BCUT2D eigenvalue weighted by Crippen LogP contribution is -2.38. The summed E-state index contributed by atoms with van der Waals surface area (Å²) in [6.45, 7) is -0.0497. The minimum absolute atomic E-state index is 0.00778. The van der Waals surface area contributed by atoms with Crippen molar-refractivity contribution in [1.29, 1.82) is 0 Å². The average Bonchev–Trinajstić information content (AvgIpc) is 3.55. The van der Waals surface area contributed by atoms with E-state index in [-0.39, 0.29) is 37.5 Å². The summed E-state index contributed by atoms with van der Waals surface area (Å²) in [6, 6.07) is 34.2. The molecule has 1 aliphatic rings. The lowest BCUT2D eigenvalue weighted by atomic mass is 9.80. The predicted octanol–water partition coefficient (Wildman–Crippen LogP) is 3.92. The van der Waals surface area contributed by atoms with E-state index < -0.39 is 35.3 Å². The van der Waals surface area contributed by atoms with Crippen molar-refractivity contribution in [2.75, 3.05) is 27.4 Å². The first kappa shape index (κ1) is 35.9. The van der Waals surface area contributed by atoms with Gasteiger partial charge < -0.3 is 29.4 Å². The lowest BCUT2D eigenvalue weighted by molar-refractivity contribution is -0.120. The number of aromatic nitrogens is 2. The van der Waals surface area contributed by atoms with Crippen molar-refractivity contribution in [3.8, 4) is 23.3 Å². The summed E-state index contributed by atoms with van der Waals surface area (Å²) in [5.74, 6) is 6.65. The van der Waals surface area contributed by atoms with Crippen LogP contribution in [0.15, 0.2) is 125 Å². The smallest absolute Gasteiger partial charge is 0.330 e. The molecule has 1 fully saturated rings. The zero-order valence-electron chi connectivity index (χ0n) is 28.8. The second-order valence-corrected chi connectivity index (χ2v) is 12.2. The van der Waals surface area contributed by atoms with Crippen LogP contribution in [0.2, 0.25) is 0 Å². The summed E-state index contributed by atoms with van der Waals surface area (Å²) in [6.07, 6.45) is -1.18. The fraction of sp³-hybridized carbons (Fsp3) is 0.244. The van der Waals surface area contributed by atoms with Gasteiger partial charge in [0.25, 0.3) is 5.56 Å². The minimum Gasteiger partial charge on any atom is -0.497 e. The minimum atomic E-state index is -1.14. The number of benzene rings is 4. The number of methoxy groups -OCH3 is 2. The van der Waals surface area contributed by atoms with Gasteiger partial charge in [-0.15, -0.1) is 0 Å². The Morgan fingerprint density at radius 2 is 1.46 bits per heavy atom. The van der Waals surface area contributed by atoms with Crippen LogP contribution >= 0.6 is 0 Å². The largest absolute Gasteiger partial charge is 0.497 e. The van der Waals surface area contributed by atoms with E-state index in [1.165, 1.54) is 10.8 Å². The van der Waals surface area contributed by atoms with E-state index in [4.69, 9.17) is 18.9 Å². The van der Waals surface area contributed by atoms with E-state index in [9.17, 15) is 19.5 Å². The maximum absolute atomic E-state index is 13.0. The van der Waals surface area contributed by atoms with Gasteiger partial charge in [-0.3, -0.25) is 19.1 Å². The van der Waals surface area contributed by atoms with Crippen molar-refractivity contribution in [3.63, 3.8) is 0 Å². The fourth-order valence-electron chi connectivity index (χ4n) is 6.23. The summed E-state index contributed by atoms with van der Waals surface area (Å²) in [7, 11) is 3.21. The Morgan fingerprint density at radius 1 is 0.885 bits per heavy atom. The quantitative estimate of drug-likeness (QED) is 0.131. The Labute approximate surface area is 300 Å². The summed E-state index contributed by atoms with van der Waals surface area (Å²) in [5.41, 5.74) is 0.813. The van der Waals surface area contributed by atoms with Crippen LogP contribution in [0.1, 0.15) is 40.5 Å². The molecule has 3 N–H and O–H groups in total. The number of amides is 1. The number of rotatable bonds is 12. The van der Waals surface area contributed by atoms with E-state index >= 15 is 0 Å². The monoisotopic (exact) mass is 701 g/mol. The Bertz CT molecular complexity index is 2090. The number of nitrogens with one attached hydrogen (secondary N) is 2. The number of nitrogens with zero attached hydrogens (tertiary/aromatic N) is 1. The number of carbonyl (C=O) groups excluding carboxylic acids is 1. The van der Waals surface area contributed by atoms with Gasteiger partial charge in [-0.2, -0.15) is 0 Å². The third-order valence-corrected chi connectivity index (χ3v) is 8.92. The molecule has 0 bridgehead atoms. The van der Waals surface area contributed by atoms with Gasteiger partial charge in [0.05, 0.1) is 39.9 Å². The van der Waals surface area contributed by atoms with Gasteiger partial charge in [0.1, 0.15) is 35.0 Å². The number of aromatic amines is 1. The van der Waals surface area contributed by atoms with Crippen molar-refractivity contribution in [2.45, 2.75) is 36.9 Å². The second-order valence-electron chi connectivity index (χ2n) is 12.2. The summed E-state index contributed by atoms with van der Waals surface area (Å²) >= 11 is 0. The SMILES string of the molecule is COc1ccc(C(OC[C@H]2O[C@@H](n3cc(C#CCNC(=O)Cc4ccccc4)c(=O)[nH]c3=O)C[C@H]2O)(c2ccccc2)c2ccc(OC)cc2)cc1. The third-order valence-electron chi connectivity index (χ3n) is 8.92. The van der Waals surface area contributed by atoms with Crippen LogP contribution in [0.3, 0.4) is 0 Å². The molecule has 0 saturated carbocycles. The van der Waals surface area contributed by atoms with Gasteiger partial charge in [0, 0.05) is 12.6 Å². The maximum atomic E-state index is 13.0. The molecule has 1 amide bonds. The van der Waals surface area contributed by atoms with E-state index in [1.807, 2.05) is 109 Å². The van der Waals surface area contributed by atoms with Gasteiger partial charge in [0.2, 0.25) is 5.91 Å². The Hall–Kier alpha value is -5.93. The summed E-state index contributed by atoms with van der Waals surface area (Å²) in [5, 5.41) is 13.9. The second kappa shape index (κ2) is 16.4. The van der Waals surface area contributed by atoms with Crippen LogP contribution < -0.4 is 26.0 Å². The summed E-state index contributed by atoms with van der Waals surface area (Å²) in [4.78, 5) is 40.1. The molecular formula is C41H39N3O8. The molecule has 11 nitrogen and oxygen atoms in total. The van der Waals surface area contributed by atoms with Crippen LogP contribution in [0, 0.1) is 11.8 Å². The van der Waals surface area contributed by atoms with Gasteiger partial charge in [-0.25, -0.2) is 4.79 Å². The Morgan fingerprint density at radius 3 is 2.06 bits per heavy atom. The number of ether oxygens (including phenoxy) is 4. The molecule has 0 radical (unpaired) electrons. The molecule has 3 atom stereocenters. The number of hydrogen-bond acceptors (Lipinski definition) is 8. The Balaban J connectivity index is 1.23. The standard InChI is InChI=1S/C41H39N3O8/c1-49-33-19-15-31(16-20-33)41(30-13-7-4-8-14-30,32-17-21-34(50-2)22-18-32)51-27-36-35(45)25-38(52-36)44-26-29(39(47)43-40(44)48)12-9-23-42-37(46)24-28-10-5-3-6-11-28/h3-8,10-11,13-22,26,35-36,38,45H,23-25,27H2,1-2H3,(H,42,46)(H,43,47,48)/t35-,36-,38-/m1/s1. The van der Waals surface area contributed by atoms with E-state index in [0.29, 0.717) is 11.5 Å². The van der Waals surface area contributed by atoms with E-state index in [2.05, 4.69) is 22.1 Å². The predicted molar refractivity (Wildman–Crippen MR) is 194 cm³/mol. The zero-order valence-corrected chi connectivity index (χ0v) is 28.8. The highest BCUT2D eigenvalue weighted by atomic mass is 16.6. The first-order chi connectivity index (χ1) is 25.3. The molecule has 11 heteroatoms. The molecule has 0 spiro atoms. The number of aliphatic hydroxyl groups excluding tert-OH is 1. The molecule has 1 aliphatic heterocycles. The third kappa shape index (κ3) is 8.00. The van der Waals surface area contributed by atoms with Crippen molar-refractivity contribution < 1.29 is 28.8 Å².